The summed E-state index contributed by atoms with van der Waals surface area (Å²) < 4.78 is 5.35. The third-order valence-electron chi connectivity index (χ3n) is 3.61. The Morgan fingerprint density at radius 1 is 1.31 bits per heavy atom. The first-order chi connectivity index (χ1) is 7.65. The van der Waals surface area contributed by atoms with E-state index in [2.05, 4.69) is 0 Å². The van der Waals surface area contributed by atoms with Crippen molar-refractivity contribution in [2.75, 3.05) is 13.2 Å². The zero-order valence-corrected chi connectivity index (χ0v) is 9.52. The van der Waals surface area contributed by atoms with Crippen molar-refractivity contribution in [3.8, 4) is 5.75 Å². The molecule has 0 saturated carbocycles. The molecule has 0 aromatic heterocycles. The first-order valence-corrected chi connectivity index (χ1v) is 5.70. The molecule has 2 N–H and O–H groups in total. The zero-order chi connectivity index (χ0) is 11.6. The lowest BCUT2D eigenvalue weighted by atomic mass is 9.70. The molecular formula is C13H18O3. The SMILES string of the molecule is CC(O)C1(c2cccc(O)c2)CCOCC1. The van der Waals surface area contributed by atoms with Crippen molar-refractivity contribution in [3.63, 3.8) is 0 Å². The molecule has 16 heavy (non-hydrogen) atoms. The third kappa shape index (κ3) is 1.93. The number of aliphatic hydroxyl groups is 1. The van der Waals surface area contributed by atoms with E-state index in [1.165, 1.54) is 0 Å². The van der Waals surface area contributed by atoms with E-state index in [0.29, 0.717) is 13.2 Å². The molecule has 3 heteroatoms. The molecule has 1 heterocycles. The summed E-state index contributed by atoms with van der Waals surface area (Å²) in [4.78, 5) is 0. The standard InChI is InChI=1S/C13H18O3/c1-10(14)13(5-7-16-8-6-13)11-3-2-4-12(15)9-11/h2-4,9-10,14-15H,5-8H2,1H3. The number of hydrogen-bond acceptors (Lipinski definition) is 3. The monoisotopic (exact) mass is 222 g/mol. The predicted molar refractivity (Wildman–Crippen MR) is 61.5 cm³/mol. The molecule has 1 fully saturated rings. The summed E-state index contributed by atoms with van der Waals surface area (Å²) in [7, 11) is 0. The van der Waals surface area contributed by atoms with Gasteiger partial charge in [-0.1, -0.05) is 12.1 Å². The van der Waals surface area contributed by atoms with Gasteiger partial charge in [-0.15, -0.1) is 0 Å². The number of rotatable bonds is 2. The highest BCUT2D eigenvalue weighted by Gasteiger charge is 2.38. The molecule has 1 aliphatic rings. The van der Waals surface area contributed by atoms with Crippen molar-refractivity contribution in [1.29, 1.82) is 0 Å². The van der Waals surface area contributed by atoms with Crippen molar-refractivity contribution in [1.82, 2.24) is 0 Å². The molecule has 1 atom stereocenters. The smallest absolute Gasteiger partial charge is 0.115 e. The van der Waals surface area contributed by atoms with Crippen LogP contribution in [0.3, 0.4) is 0 Å². The minimum Gasteiger partial charge on any atom is -0.508 e. The number of phenolic OH excluding ortho intramolecular Hbond substituents is 1. The van der Waals surface area contributed by atoms with E-state index in [-0.39, 0.29) is 11.2 Å². The fourth-order valence-corrected chi connectivity index (χ4v) is 2.50. The van der Waals surface area contributed by atoms with Crippen LogP contribution in [0.5, 0.6) is 5.75 Å². The number of hydrogen-bond donors (Lipinski definition) is 2. The lowest BCUT2D eigenvalue weighted by molar-refractivity contribution is -0.00845. The largest absolute Gasteiger partial charge is 0.508 e. The highest BCUT2D eigenvalue weighted by atomic mass is 16.5. The molecule has 0 amide bonds. The quantitative estimate of drug-likeness (QED) is 0.802. The van der Waals surface area contributed by atoms with Gasteiger partial charge in [-0.25, -0.2) is 0 Å². The topological polar surface area (TPSA) is 49.7 Å². The fourth-order valence-electron chi connectivity index (χ4n) is 2.50. The van der Waals surface area contributed by atoms with Gasteiger partial charge in [0.05, 0.1) is 6.10 Å². The number of ether oxygens (including phenoxy) is 1. The Hall–Kier alpha value is -1.06. The van der Waals surface area contributed by atoms with Crippen LogP contribution >= 0.6 is 0 Å². The molecule has 2 rings (SSSR count). The predicted octanol–water partition coefficient (Wildman–Crippen LogP) is 1.82. The number of phenols is 1. The van der Waals surface area contributed by atoms with Crippen LogP contribution in [0.2, 0.25) is 0 Å². The molecule has 1 aromatic carbocycles. The van der Waals surface area contributed by atoms with Gasteiger partial charge in [0.25, 0.3) is 0 Å². The lowest BCUT2D eigenvalue weighted by Gasteiger charge is -2.40. The van der Waals surface area contributed by atoms with E-state index >= 15 is 0 Å². The number of aliphatic hydroxyl groups excluding tert-OH is 1. The Bertz CT molecular complexity index is 354. The Balaban J connectivity index is 2.38. The molecule has 0 aliphatic carbocycles. The normalized spacial score (nSPS) is 21.6. The summed E-state index contributed by atoms with van der Waals surface area (Å²) in [6.07, 6.45) is 1.17. The van der Waals surface area contributed by atoms with Crippen molar-refractivity contribution < 1.29 is 14.9 Å². The van der Waals surface area contributed by atoms with E-state index in [4.69, 9.17) is 4.74 Å². The molecular weight excluding hydrogens is 204 g/mol. The summed E-state index contributed by atoms with van der Waals surface area (Å²) in [5.41, 5.74) is 0.738. The number of aromatic hydroxyl groups is 1. The van der Waals surface area contributed by atoms with E-state index in [9.17, 15) is 10.2 Å². The lowest BCUT2D eigenvalue weighted by Crippen LogP contribution is -2.42. The van der Waals surface area contributed by atoms with Crippen LogP contribution in [0.1, 0.15) is 25.3 Å². The van der Waals surface area contributed by atoms with Gasteiger partial charge in [-0.2, -0.15) is 0 Å². The van der Waals surface area contributed by atoms with Gasteiger partial charge in [-0.05, 0) is 37.5 Å². The average molecular weight is 222 g/mol. The minimum absolute atomic E-state index is 0.254. The van der Waals surface area contributed by atoms with Gasteiger partial charge in [0.15, 0.2) is 0 Å². The van der Waals surface area contributed by atoms with Crippen LogP contribution in [-0.4, -0.2) is 29.5 Å². The average Bonchev–Trinajstić information content (AvgIpc) is 2.30. The van der Waals surface area contributed by atoms with Crippen LogP contribution < -0.4 is 0 Å². The second kappa shape index (κ2) is 4.44. The van der Waals surface area contributed by atoms with Crippen LogP contribution in [-0.2, 0) is 10.2 Å². The van der Waals surface area contributed by atoms with Crippen molar-refractivity contribution in [2.24, 2.45) is 0 Å². The zero-order valence-electron chi connectivity index (χ0n) is 9.52. The summed E-state index contributed by atoms with van der Waals surface area (Å²) in [6.45, 7) is 3.15. The second-order valence-electron chi connectivity index (χ2n) is 4.49. The van der Waals surface area contributed by atoms with Crippen molar-refractivity contribution in [2.45, 2.75) is 31.3 Å². The number of benzene rings is 1. The molecule has 0 radical (unpaired) electrons. The maximum absolute atomic E-state index is 10.0. The third-order valence-corrected chi connectivity index (χ3v) is 3.61. The summed E-state index contributed by atoms with van der Waals surface area (Å²) in [6, 6.07) is 7.19. The molecule has 1 unspecified atom stereocenters. The van der Waals surface area contributed by atoms with Crippen LogP contribution in [0.25, 0.3) is 0 Å². The maximum atomic E-state index is 10.0. The van der Waals surface area contributed by atoms with Gasteiger partial charge in [0.2, 0.25) is 0 Å². The molecule has 3 nitrogen and oxygen atoms in total. The highest BCUT2D eigenvalue weighted by molar-refractivity contribution is 5.34. The van der Waals surface area contributed by atoms with E-state index in [1.54, 1.807) is 12.1 Å². The molecule has 88 valence electrons. The Morgan fingerprint density at radius 3 is 2.56 bits per heavy atom. The van der Waals surface area contributed by atoms with Crippen molar-refractivity contribution in [3.05, 3.63) is 29.8 Å². The summed E-state index contributed by atoms with van der Waals surface area (Å²) in [5.74, 6) is 0.254. The van der Waals surface area contributed by atoms with E-state index < -0.39 is 6.10 Å². The Labute approximate surface area is 95.7 Å². The van der Waals surface area contributed by atoms with Crippen molar-refractivity contribution >= 4 is 0 Å². The Morgan fingerprint density at radius 2 is 2.00 bits per heavy atom. The van der Waals surface area contributed by atoms with Crippen LogP contribution in [0.15, 0.2) is 24.3 Å². The maximum Gasteiger partial charge on any atom is 0.115 e. The molecule has 1 saturated heterocycles. The second-order valence-corrected chi connectivity index (χ2v) is 4.49. The molecule has 1 aromatic rings. The first-order valence-electron chi connectivity index (χ1n) is 5.70. The van der Waals surface area contributed by atoms with E-state index in [0.717, 1.165) is 18.4 Å². The minimum atomic E-state index is -0.432. The summed E-state index contributed by atoms with van der Waals surface area (Å²) >= 11 is 0. The molecule has 1 aliphatic heterocycles. The van der Waals surface area contributed by atoms with Gasteiger partial charge < -0.3 is 14.9 Å². The summed E-state index contributed by atoms with van der Waals surface area (Å²) in [5, 5.41) is 19.6. The highest BCUT2D eigenvalue weighted by Crippen LogP contribution is 2.38. The molecule has 0 spiro atoms. The Kier molecular flexibility index (Phi) is 3.17. The first kappa shape index (κ1) is 11.4. The van der Waals surface area contributed by atoms with E-state index in [1.807, 2.05) is 19.1 Å². The van der Waals surface area contributed by atoms with Gasteiger partial charge >= 0.3 is 0 Å². The van der Waals surface area contributed by atoms with Crippen LogP contribution in [0.4, 0.5) is 0 Å². The van der Waals surface area contributed by atoms with Gasteiger partial charge in [0.1, 0.15) is 5.75 Å². The van der Waals surface area contributed by atoms with Gasteiger partial charge in [-0.3, -0.25) is 0 Å². The van der Waals surface area contributed by atoms with Gasteiger partial charge in [0, 0.05) is 18.6 Å². The van der Waals surface area contributed by atoms with Crippen LogP contribution in [0, 0.1) is 0 Å². The fraction of sp³-hybridized carbons (Fsp3) is 0.538. The molecule has 0 bridgehead atoms.